The first-order valence-corrected chi connectivity index (χ1v) is 23.8. The highest BCUT2D eigenvalue weighted by Gasteiger charge is 2.41. The van der Waals surface area contributed by atoms with Gasteiger partial charge in [0.15, 0.2) is 8.07 Å². The molecule has 0 saturated heterocycles. The second-order valence-electron chi connectivity index (χ2n) is 16.4. The predicted molar refractivity (Wildman–Crippen MR) is 270 cm³/mol. The van der Waals surface area contributed by atoms with Crippen LogP contribution in [0.1, 0.15) is 0 Å². The van der Waals surface area contributed by atoms with E-state index in [-0.39, 0.29) is 0 Å². The summed E-state index contributed by atoms with van der Waals surface area (Å²) in [5.74, 6) is 0. The van der Waals surface area contributed by atoms with Crippen LogP contribution in [0.25, 0.3) is 77.2 Å². The van der Waals surface area contributed by atoms with Gasteiger partial charge < -0.3 is 9.13 Å². The lowest BCUT2D eigenvalue weighted by Crippen LogP contribution is -2.74. The smallest absolute Gasteiger partial charge is 0.179 e. The van der Waals surface area contributed by atoms with Crippen molar-refractivity contribution in [3.05, 3.63) is 255 Å². The van der Waals surface area contributed by atoms with Gasteiger partial charge in [-0.15, -0.1) is 0 Å². The van der Waals surface area contributed by atoms with E-state index in [1.807, 2.05) is 0 Å². The summed E-state index contributed by atoms with van der Waals surface area (Å²) in [6, 6.07) is 94.3. The van der Waals surface area contributed by atoms with Gasteiger partial charge in [-0.25, -0.2) is 0 Å². The van der Waals surface area contributed by atoms with Crippen LogP contribution in [0, 0.1) is 0 Å². The van der Waals surface area contributed by atoms with E-state index in [4.69, 9.17) is 0 Å². The van der Waals surface area contributed by atoms with Gasteiger partial charge in [0.1, 0.15) is 0 Å². The fourth-order valence-corrected chi connectivity index (χ4v) is 15.1. The normalized spacial score (nSPS) is 11.8. The van der Waals surface area contributed by atoms with Crippen LogP contribution in [0.3, 0.4) is 0 Å². The summed E-state index contributed by atoms with van der Waals surface area (Å²) in [6.45, 7) is 0. The van der Waals surface area contributed by atoms with Gasteiger partial charge in [-0.1, -0.05) is 224 Å². The summed E-state index contributed by atoms with van der Waals surface area (Å²) < 4.78 is 5.07. The Bertz CT molecular complexity index is 3480. The third kappa shape index (κ3) is 5.85. The Morgan fingerprint density at radius 1 is 0.270 bits per heavy atom. The van der Waals surface area contributed by atoms with Crippen molar-refractivity contribution < 1.29 is 0 Å². The van der Waals surface area contributed by atoms with Gasteiger partial charge in [0, 0.05) is 32.8 Å². The van der Waals surface area contributed by atoms with E-state index in [9.17, 15) is 0 Å². The number of para-hydroxylation sites is 3. The molecular formula is C60H42N2Si. The quantitative estimate of drug-likeness (QED) is 0.107. The number of fused-ring (bicyclic) bond motifs is 6. The Morgan fingerprint density at radius 2 is 0.746 bits per heavy atom. The first-order chi connectivity index (χ1) is 31.3. The molecule has 0 radical (unpaired) electrons. The van der Waals surface area contributed by atoms with Crippen molar-refractivity contribution in [3.63, 3.8) is 0 Å². The van der Waals surface area contributed by atoms with Crippen LogP contribution in [0.5, 0.6) is 0 Å². The molecule has 0 spiro atoms. The molecule has 0 N–H and O–H groups in total. The van der Waals surface area contributed by atoms with Gasteiger partial charge in [0.25, 0.3) is 0 Å². The monoisotopic (exact) mass is 818 g/mol. The van der Waals surface area contributed by atoms with Crippen LogP contribution < -0.4 is 20.7 Å². The van der Waals surface area contributed by atoms with Crippen molar-refractivity contribution in [1.82, 2.24) is 9.13 Å². The van der Waals surface area contributed by atoms with Gasteiger partial charge >= 0.3 is 0 Å². The number of hydrogen-bond donors (Lipinski definition) is 0. The Balaban J connectivity index is 1.20. The molecule has 3 heteroatoms. The van der Waals surface area contributed by atoms with Gasteiger partial charge in [0.05, 0.1) is 27.8 Å². The maximum Gasteiger partial charge on any atom is 0.179 e. The lowest BCUT2D eigenvalue weighted by atomic mass is 10.0. The first kappa shape index (κ1) is 36.8. The Morgan fingerprint density at radius 3 is 1.37 bits per heavy atom. The van der Waals surface area contributed by atoms with E-state index >= 15 is 0 Å². The predicted octanol–water partition coefficient (Wildman–Crippen LogP) is 12.6. The first-order valence-electron chi connectivity index (χ1n) is 21.8. The maximum absolute atomic E-state index is 2.83. The minimum Gasteiger partial charge on any atom is -0.307 e. The van der Waals surface area contributed by atoms with E-state index < -0.39 is 8.07 Å². The third-order valence-electron chi connectivity index (χ3n) is 13.1. The molecule has 0 amide bonds. The second-order valence-corrected chi connectivity index (χ2v) is 20.2. The minimum atomic E-state index is -2.83. The second kappa shape index (κ2) is 15.2. The number of hydrogen-bond acceptors (Lipinski definition) is 0. The molecule has 0 saturated carbocycles. The molecule has 0 atom stereocenters. The summed E-state index contributed by atoms with van der Waals surface area (Å²) in [5, 5.41) is 10.3. The highest BCUT2D eigenvalue weighted by atomic mass is 28.3. The number of benzene rings is 10. The van der Waals surface area contributed by atoms with Crippen molar-refractivity contribution in [3.8, 4) is 33.6 Å². The molecule has 12 rings (SSSR count). The molecule has 63 heavy (non-hydrogen) atoms. The van der Waals surface area contributed by atoms with Crippen molar-refractivity contribution in [2.24, 2.45) is 0 Å². The zero-order chi connectivity index (χ0) is 41.7. The van der Waals surface area contributed by atoms with Crippen LogP contribution in [-0.2, 0) is 0 Å². The topological polar surface area (TPSA) is 9.86 Å². The zero-order valence-corrected chi connectivity index (χ0v) is 35.6. The summed E-state index contributed by atoms with van der Waals surface area (Å²) >= 11 is 0. The summed E-state index contributed by atoms with van der Waals surface area (Å²) in [6.07, 6.45) is 0. The van der Waals surface area contributed by atoms with E-state index in [1.54, 1.807) is 0 Å². The van der Waals surface area contributed by atoms with Crippen LogP contribution in [-0.4, -0.2) is 17.2 Å². The van der Waals surface area contributed by atoms with Crippen molar-refractivity contribution in [2.45, 2.75) is 0 Å². The summed E-state index contributed by atoms with van der Waals surface area (Å²) in [7, 11) is -2.83. The summed E-state index contributed by atoms with van der Waals surface area (Å²) in [5.41, 5.74) is 11.8. The van der Waals surface area contributed by atoms with E-state index in [0.29, 0.717) is 0 Å². The molecule has 0 aliphatic rings. The van der Waals surface area contributed by atoms with Crippen LogP contribution in [0.2, 0.25) is 0 Å². The number of aromatic nitrogens is 2. The molecule has 2 nitrogen and oxygen atoms in total. The number of rotatable bonds is 8. The van der Waals surface area contributed by atoms with E-state index in [1.165, 1.54) is 86.6 Å². The van der Waals surface area contributed by atoms with Gasteiger partial charge in [-0.2, -0.15) is 0 Å². The highest BCUT2D eigenvalue weighted by molar-refractivity contribution is 7.20. The number of nitrogens with zero attached hydrogens (tertiary/aromatic N) is 2. The van der Waals surface area contributed by atoms with E-state index in [2.05, 4.69) is 264 Å². The molecule has 296 valence electrons. The molecule has 2 heterocycles. The van der Waals surface area contributed by atoms with Crippen LogP contribution >= 0.6 is 0 Å². The molecular weight excluding hydrogens is 777 g/mol. The molecule has 0 fully saturated rings. The fourth-order valence-electron chi connectivity index (χ4n) is 10.3. The minimum absolute atomic E-state index is 1.12. The van der Waals surface area contributed by atoms with Gasteiger partial charge in [0.2, 0.25) is 0 Å². The molecule has 0 bridgehead atoms. The van der Waals surface area contributed by atoms with Crippen LogP contribution in [0.4, 0.5) is 0 Å². The zero-order valence-electron chi connectivity index (χ0n) is 34.6. The standard InChI is InChI=1S/C60H42N2Si/c1-6-20-43(21-7-1)44-36-38-46(39-37-44)61-59-51(45-22-8-2-9-23-45)31-18-32-54(59)55-33-19-35-57(60(55)61)62-56-34-17-16-30-52(56)53-41-40-50(42-58(53)62)63(47-24-10-3-11-25-47,48-26-12-4-13-27-48)49-28-14-5-15-29-49/h1-42H. The average molecular weight is 819 g/mol. The molecule has 12 aromatic rings. The van der Waals surface area contributed by atoms with Gasteiger partial charge in [-0.05, 0) is 67.8 Å². The Labute approximate surface area is 368 Å². The fraction of sp³-hybridized carbons (Fsp3) is 0. The van der Waals surface area contributed by atoms with Crippen LogP contribution in [0.15, 0.2) is 255 Å². The van der Waals surface area contributed by atoms with Crippen molar-refractivity contribution in [2.75, 3.05) is 0 Å². The lowest BCUT2D eigenvalue weighted by Gasteiger charge is -2.34. The average Bonchev–Trinajstić information content (AvgIpc) is 3.89. The van der Waals surface area contributed by atoms with Crippen molar-refractivity contribution >= 4 is 72.4 Å². The molecule has 0 aliphatic heterocycles. The largest absolute Gasteiger partial charge is 0.307 e. The summed E-state index contributed by atoms with van der Waals surface area (Å²) in [4.78, 5) is 0. The SMILES string of the molecule is c1ccc(-c2ccc(-n3c4c(-c5ccccc5)cccc4c4cccc(-n5c6ccccc6c6ccc([Si](c7ccccc7)(c7ccccc7)c7ccccc7)cc65)c43)cc2)cc1. The molecule has 10 aromatic carbocycles. The Kier molecular flexibility index (Phi) is 8.87. The molecule has 2 aromatic heterocycles. The molecule has 0 unspecified atom stereocenters. The van der Waals surface area contributed by atoms with Crippen molar-refractivity contribution in [1.29, 1.82) is 0 Å². The Hall–Kier alpha value is -7.98. The molecule has 0 aliphatic carbocycles. The maximum atomic E-state index is 2.55. The third-order valence-corrected chi connectivity index (χ3v) is 17.8. The highest BCUT2D eigenvalue weighted by Crippen LogP contribution is 2.42. The lowest BCUT2D eigenvalue weighted by molar-refractivity contribution is 1.13. The van der Waals surface area contributed by atoms with E-state index in [0.717, 1.165) is 11.4 Å². The van der Waals surface area contributed by atoms with Gasteiger partial charge in [-0.3, -0.25) is 0 Å².